The van der Waals surface area contributed by atoms with Gasteiger partial charge in [0.2, 0.25) is 0 Å². The average molecular weight is 351 g/mol. The molecule has 0 amide bonds. The molecule has 3 nitrogen and oxygen atoms in total. The Balaban J connectivity index is 2.62. The van der Waals surface area contributed by atoms with Crippen LogP contribution in [0.3, 0.4) is 0 Å². The number of phenols is 1. The summed E-state index contributed by atoms with van der Waals surface area (Å²) in [4.78, 5) is 0. The van der Waals surface area contributed by atoms with Crippen LogP contribution in [0.5, 0.6) is 11.5 Å². The highest BCUT2D eigenvalue weighted by molar-refractivity contribution is 5.48. The summed E-state index contributed by atoms with van der Waals surface area (Å²) in [7, 11) is 0. The van der Waals surface area contributed by atoms with Gasteiger partial charge < -0.3 is 14.9 Å². The van der Waals surface area contributed by atoms with Crippen LogP contribution in [0.4, 0.5) is 0 Å². The van der Waals surface area contributed by atoms with Gasteiger partial charge in [0.15, 0.2) is 0 Å². The second-order valence-electron chi connectivity index (χ2n) is 8.71. The van der Waals surface area contributed by atoms with Gasteiger partial charge in [-0.15, -0.1) is 0 Å². The highest BCUT2D eigenvalue weighted by atomic mass is 16.5. The highest BCUT2D eigenvalue weighted by Crippen LogP contribution is 2.36. The minimum Gasteiger partial charge on any atom is -0.508 e. The molecule has 0 saturated carbocycles. The maximum atomic E-state index is 10.2. The van der Waals surface area contributed by atoms with E-state index in [-0.39, 0.29) is 5.92 Å². The topological polar surface area (TPSA) is 49.7 Å². The number of rotatable bonds is 10. The lowest BCUT2D eigenvalue weighted by atomic mass is 9.94. The minimum absolute atomic E-state index is 0.268. The van der Waals surface area contributed by atoms with Gasteiger partial charge in [-0.05, 0) is 56.6 Å². The first-order valence-corrected chi connectivity index (χ1v) is 9.73. The lowest BCUT2D eigenvalue weighted by Crippen LogP contribution is -2.18. The molecule has 0 bridgehead atoms. The fourth-order valence-corrected chi connectivity index (χ4v) is 3.04. The van der Waals surface area contributed by atoms with Gasteiger partial charge in [-0.3, -0.25) is 0 Å². The molecule has 0 saturated heterocycles. The van der Waals surface area contributed by atoms with Crippen molar-refractivity contribution in [2.45, 2.75) is 91.6 Å². The lowest BCUT2D eigenvalue weighted by molar-refractivity contribution is 0.0667. The van der Waals surface area contributed by atoms with Gasteiger partial charge in [0.1, 0.15) is 11.5 Å². The van der Waals surface area contributed by atoms with E-state index in [9.17, 15) is 10.2 Å². The molecule has 3 heteroatoms. The fourth-order valence-electron chi connectivity index (χ4n) is 3.04. The van der Waals surface area contributed by atoms with Gasteiger partial charge in [0.25, 0.3) is 0 Å². The van der Waals surface area contributed by atoms with Crippen LogP contribution in [-0.2, 0) is 0 Å². The largest absolute Gasteiger partial charge is 0.508 e. The van der Waals surface area contributed by atoms with Gasteiger partial charge in [-0.1, -0.05) is 47.5 Å². The highest BCUT2D eigenvalue weighted by Gasteiger charge is 2.16. The standard InChI is InChI=1S/C22H38O3/c1-15(2)18-14-21(19(16(3)4)13-20(18)23)25-12-10-17(5)9-8-11-22(6,7)24/h13-17,23-24H,8-12H2,1-7H3. The molecule has 0 aliphatic rings. The third-order valence-corrected chi connectivity index (χ3v) is 4.76. The Labute approximate surface area is 154 Å². The average Bonchev–Trinajstić information content (AvgIpc) is 2.46. The summed E-state index contributed by atoms with van der Waals surface area (Å²) >= 11 is 0. The SMILES string of the molecule is CC(CCCC(C)(C)O)CCOc1cc(C(C)C)c(O)cc1C(C)C. The molecule has 0 aliphatic carbocycles. The third-order valence-electron chi connectivity index (χ3n) is 4.76. The second kappa shape index (κ2) is 9.47. The van der Waals surface area contributed by atoms with Crippen LogP contribution in [-0.4, -0.2) is 22.4 Å². The molecule has 1 unspecified atom stereocenters. The second-order valence-corrected chi connectivity index (χ2v) is 8.71. The van der Waals surface area contributed by atoms with Crippen molar-refractivity contribution in [3.05, 3.63) is 23.3 Å². The van der Waals surface area contributed by atoms with Crippen LogP contribution in [0.1, 0.15) is 97.1 Å². The van der Waals surface area contributed by atoms with Crippen LogP contribution < -0.4 is 4.74 Å². The Hall–Kier alpha value is -1.22. The van der Waals surface area contributed by atoms with Crippen LogP contribution in [0, 0.1) is 5.92 Å². The van der Waals surface area contributed by atoms with E-state index in [1.807, 2.05) is 26.0 Å². The number of aliphatic hydroxyl groups is 1. The number of benzene rings is 1. The van der Waals surface area contributed by atoms with Gasteiger partial charge in [-0.25, -0.2) is 0 Å². The predicted octanol–water partition coefficient (Wildman–Crippen LogP) is 5.99. The first-order valence-electron chi connectivity index (χ1n) is 9.73. The van der Waals surface area contributed by atoms with Gasteiger partial charge >= 0.3 is 0 Å². The Morgan fingerprint density at radius 2 is 1.56 bits per heavy atom. The number of hydrogen-bond acceptors (Lipinski definition) is 3. The van der Waals surface area contributed by atoms with Crippen molar-refractivity contribution < 1.29 is 14.9 Å². The molecule has 1 atom stereocenters. The van der Waals surface area contributed by atoms with Crippen LogP contribution >= 0.6 is 0 Å². The molecule has 2 N–H and O–H groups in total. The summed E-state index contributed by atoms with van der Waals surface area (Å²) < 4.78 is 6.10. The van der Waals surface area contributed by atoms with E-state index in [2.05, 4.69) is 34.6 Å². The molecule has 0 heterocycles. The predicted molar refractivity (Wildman–Crippen MR) is 106 cm³/mol. The molecular formula is C22H38O3. The Bertz CT molecular complexity index is 527. The van der Waals surface area contributed by atoms with Gasteiger partial charge in [0, 0.05) is 11.1 Å². The normalized spacial score (nSPS) is 13.5. The van der Waals surface area contributed by atoms with Crippen molar-refractivity contribution in [2.75, 3.05) is 6.61 Å². The Kier molecular flexibility index (Phi) is 8.27. The monoisotopic (exact) mass is 350 g/mol. The molecule has 0 aromatic heterocycles. The smallest absolute Gasteiger partial charge is 0.123 e. The van der Waals surface area contributed by atoms with Crippen LogP contribution in [0.2, 0.25) is 0 Å². The quantitative estimate of drug-likeness (QED) is 0.545. The minimum atomic E-state index is -0.568. The summed E-state index contributed by atoms with van der Waals surface area (Å²) in [5.41, 5.74) is 1.44. The molecule has 1 aromatic rings. The van der Waals surface area contributed by atoms with E-state index >= 15 is 0 Å². The zero-order chi connectivity index (χ0) is 19.2. The summed E-state index contributed by atoms with van der Waals surface area (Å²) in [6.07, 6.45) is 3.99. The number of phenolic OH excluding ortho intramolecular Hbond substituents is 1. The molecule has 0 aliphatic heterocycles. The first-order chi connectivity index (χ1) is 11.5. The van der Waals surface area contributed by atoms with E-state index in [0.29, 0.717) is 24.2 Å². The van der Waals surface area contributed by atoms with Crippen molar-refractivity contribution in [3.8, 4) is 11.5 Å². The molecule has 0 radical (unpaired) electrons. The van der Waals surface area contributed by atoms with Crippen molar-refractivity contribution in [1.29, 1.82) is 0 Å². The molecule has 1 aromatic carbocycles. The Morgan fingerprint density at radius 3 is 2.08 bits per heavy atom. The molecule has 0 fully saturated rings. The van der Waals surface area contributed by atoms with Gasteiger partial charge in [0.05, 0.1) is 12.2 Å². The first kappa shape index (κ1) is 21.8. The molecule has 0 spiro atoms. The van der Waals surface area contributed by atoms with E-state index in [4.69, 9.17) is 4.74 Å². The maximum absolute atomic E-state index is 10.2. The lowest BCUT2D eigenvalue weighted by Gasteiger charge is -2.20. The summed E-state index contributed by atoms with van der Waals surface area (Å²) in [5.74, 6) is 2.42. The van der Waals surface area contributed by atoms with E-state index < -0.39 is 5.60 Å². The van der Waals surface area contributed by atoms with Crippen molar-refractivity contribution >= 4 is 0 Å². The summed E-state index contributed by atoms with van der Waals surface area (Å²) in [5, 5.41) is 20.0. The van der Waals surface area contributed by atoms with Crippen molar-refractivity contribution in [1.82, 2.24) is 0 Å². The van der Waals surface area contributed by atoms with Crippen molar-refractivity contribution in [3.63, 3.8) is 0 Å². The molecule has 144 valence electrons. The molecule has 1 rings (SSSR count). The third kappa shape index (κ3) is 7.68. The zero-order valence-corrected chi connectivity index (χ0v) is 17.2. The maximum Gasteiger partial charge on any atom is 0.123 e. The molecular weight excluding hydrogens is 312 g/mol. The van der Waals surface area contributed by atoms with Gasteiger partial charge in [-0.2, -0.15) is 0 Å². The Morgan fingerprint density at radius 1 is 0.960 bits per heavy atom. The number of hydrogen-bond donors (Lipinski definition) is 2. The van der Waals surface area contributed by atoms with Crippen molar-refractivity contribution in [2.24, 2.45) is 5.92 Å². The number of aromatic hydroxyl groups is 1. The fraction of sp³-hybridized carbons (Fsp3) is 0.727. The van der Waals surface area contributed by atoms with E-state index in [1.165, 1.54) is 0 Å². The zero-order valence-electron chi connectivity index (χ0n) is 17.2. The van der Waals surface area contributed by atoms with E-state index in [1.54, 1.807) is 0 Å². The van der Waals surface area contributed by atoms with Crippen LogP contribution in [0.15, 0.2) is 12.1 Å². The molecule has 25 heavy (non-hydrogen) atoms. The summed E-state index contributed by atoms with van der Waals surface area (Å²) in [6, 6.07) is 3.87. The number of ether oxygens (including phenoxy) is 1. The van der Waals surface area contributed by atoms with E-state index in [0.717, 1.165) is 42.6 Å². The summed E-state index contributed by atoms with van der Waals surface area (Å²) in [6.45, 7) is 15.1. The van der Waals surface area contributed by atoms with Crippen LogP contribution in [0.25, 0.3) is 0 Å².